The number of aromatic nitrogens is 2. The molecule has 24 heteroatoms. The fraction of sp³-hybridized carbons (Fsp3) is 0.326. The van der Waals surface area contributed by atoms with Crippen molar-refractivity contribution in [3.8, 4) is 22.9 Å². The predicted molar refractivity (Wildman–Crippen MR) is 238 cm³/mol. The normalized spacial score (nSPS) is 14.5. The van der Waals surface area contributed by atoms with Gasteiger partial charge in [0.25, 0.3) is 17.3 Å². The molecule has 0 saturated carbocycles. The predicted octanol–water partition coefficient (Wildman–Crippen LogP) is 6.69. The van der Waals surface area contributed by atoms with Gasteiger partial charge >= 0.3 is 6.18 Å². The molecule has 1 saturated heterocycles. The molecule has 0 aliphatic carbocycles. The minimum absolute atomic E-state index is 0.0453. The summed E-state index contributed by atoms with van der Waals surface area (Å²) in [4.78, 5) is 45.6. The number of non-ortho nitro benzene ring substituents is 1. The van der Waals surface area contributed by atoms with Gasteiger partial charge in [-0.2, -0.15) is 17.5 Å². The van der Waals surface area contributed by atoms with Crippen molar-refractivity contribution in [3.05, 3.63) is 134 Å². The first-order chi connectivity index (χ1) is 31.8. The minimum Gasteiger partial charge on any atom is -0.478 e. The summed E-state index contributed by atoms with van der Waals surface area (Å²) < 4.78 is 113. The number of anilines is 1. The van der Waals surface area contributed by atoms with Crippen molar-refractivity contribution in [2.24, 2.45) is 0 Å². The number of sulfonamides is 2. The number of nitro benzene ring substituents is 2. The van der Waals surface area contributed by atoms with Gasteiger partial charge in [-0.15, -0.1) is 0 Å². The number of rotatable bonds is 19. The maximum Gasteiger partial charge on any atom is 0.434 e. The minimum atomic E-state index is -4.98. The number of carbonyl (C=O) groups is 1. The molecule has 19 nitrogen and oxygen atoms in total. The monoisotopic (exact) mass is 970 g/mol. The zero-order valence-electron chi connectivity index (χ0n) is 36.3. The van der Waals surface area contributed by atoms with E-state index in [1.165, 1.54) is 29.3 Å². The van der Waals surface area contributed by atoms with Gasteiger partial charge in [-0.25, -0.2) is 31.5 Å². The lowest BCUT2D eigenvalue weighted by Gasteiger charge is -2.43. The average molecular weight is 971 g/mol. The Bertz CT molecular complexity index is 2860. The van der Waals surface area contributed by atoms with E-state index in [-0.39, 0.29) is 49.5 Å². The third-order valence-electron chi connectivity index (χ3n) is 10.7. The second-order valence-corrected chi connectivity index (χ2v) is 18.5. The fourth-order valence-electron chi connectivity index (χ4n) is 7.54. The van der Waals surface area contributed by atoms with Crippen molar-refractivity contribution in [2.75, 3.05) is 50.8 Å². The Morgan fingerprint density at radius 2 is 1.61 bits per heavy atom. The van der Waals surface area contributed by atoms with E-state index in [2.05, 4.69) is 14.7 Å². The van der Waals surface area contributed by atoms with Crippen LogP contribution in [0.15, 0.2) is 107 Å². The van der Waals surface area contributed by atoms with Gasteiger partial charge in [0.2, 0.25) is 31.8 Å². The smallest absolute Gasteiger partial charge is 0.434 e. The summed E-state index contributed by atoms with van der Waals surface area (Å²) in [5.74, 6) is -0.926. The topological polar surface area (TPSA) is 238 Å². The second kappa shape index (κ2) is 20.8. The zero-order chi connectivity index (χ0) is 48.7. The SMILES string of the molecule is CCOc1ccc(C(=O)N2CCN(c3ccc(-c4cccnc4OCC)cc3CN(CCNS(=O)(=O)c3ccccc3[N+](=O)[O-])S(=O)(=O)c3ccc([N+](=O)[O-])cc3)[C@H](CC)C2)c(C(F)(F)F)n1. The fourth-order valence-corrected chi connectivity index (χ4v) is 10.1. The van der Waals surface area contributed by atoms with E-state index < -0.39 is 95.2 Å². The molecule has 3 heterocycles. The van der Waals surface area contributed by atoms with Crippen LogP contribution in [0.25, 0.3) is 11.1 Å². The molecule has 0 radical (unpaired) electrons. The van der Waals surface area contributed by atoms with Crippen molar-refractivity contribution in [3.63, 3.8) is 0 Å². The molecular weight excluding hydrogens is 926 g/mol. The average Bonchev–Trinajstić information content (AvgIpc) is 3.30. The van der Waals surface area contributed by atoms with Crippen LogP contribution < -0.4 is 19.1 Å². The number of pyridine rings is 2. The summed E-state index contributed by atoms with van der Waals surface area (Å²) in [5.41, 5.74) is -1.27. The van der Waals surface area contributed by atoms with Crippen molar-refractivity contribution < 1.29 is 54.1 Å². The molecule has 3 aromatic carbocycles. The maximum atomic E-state index is 14.6. The number of amides is 1. The van der Waals surface area contributed by atoms with E-state index in [9.17, 15) is 55.0 Å². The number of hydrogen-bond donors (Lipinski definition) is 1. The Labute approximate surface area is 383 Å². The van der Waals surface area contributed by atoms with E-state index in [1.807, 2.05) is 11.8 Å². The van der Waals surface area contributed by atoms with Gasteiger partial charge in [0, 0.05) is 87.0 Å². The number of carbonyl (C=O) groups excluding carboxylic acids is 1. The lowest BCUT2D eigenvalue weighted by atomic mass is 9.99. The van der Waals surface area contributed by atoms with Crippen LogP contribution in [0.3, 0.4) is 0 Å². The number of ether oxygens (including phenoxy) is 2. The largest absolute Gasteiger partial charge is 0.478 e. The number of benzene rings is 3. The third-order valence-corrected chi connectivity index (χ3v) is 14.1. The summed E-state index contributed by atoms with van der Waals surface area (Å²) in [6.45, 7) is 3.84. The lowest BCUT2D eigenvalue weighted by molar-refractivity contribution is -0.387. The Balaban J connectivity index is 1.41. The highest BCUT2D eigenvalue weighted by atomic mass is 32.2. The van der Waals surface area contributed by atoms with Crippen LogP contribution in [-0.2, 0) is 32.8 Å². The summed E-state index contributed by atoms with van der Waals surface area (Å²) in [7, 11) is -9.22. The van der Waals surface area contributed by atoms with Crippen molar-refractivity contribution in [2.45, 2.75) is 55.7 Å². The van der Waals surface area contributed by atoms with Crippen LogP contribution in [0, 0.1) is 20.2 Å². The standard InChI is InChI=1S/C43H45F3N8O11S2/c1-4-31-28-50(42(55)35-18-20-39(64-5-2)49-40(35)43(44,45)46)24-25-52(31)36-19-13-29(34-10-9-21-47-41(34)65-6-3)26-30(36)27-51(67(62,63)33-16-14-32(15-17-33)53(56)57)23-22-48-66(60,61)38-12-8-7-11-37(38)54(58)59/h7-21,26,31,48H,4-6,22-25,27-28H2,1-3H3/t31-/m1/s1. The van der Waals surface area contributed by atoms with Gasteiger partial charge in [0.15, 0.2) is 10.6 Å². The number of piperazine rings is 1. The molecule has 5 aromatic rings. The number of hydrogen-bond acceptors (Lipinski definition) is 14. The number of nitrogens with one attached hydrogen (secondary N) is 1. The number of nitro groups is 2. The van der Waals surface area contributed by atoms with E-state index in [1.54, 1.807) is 44.2 Å². The summed E-state index contributed by atoms with van der Waals surface area (Å²) in [6, 6.07) is 18.9. The van der Waals surface area contributed by atoms with Crippen LogP contribution in [0.2, 0.25) is 0 Å². The number of halogens is 3. The highest BCUT2D eigenvalue weighted by Crippen LogP contribution is 2.37. The van der Waals surface area contributed by atoms with Crippen molar-refractivity contribution in [1.29, 1.82) is 0 Å². The molecule has 0 unspecified atom stereocenters. The Hall–Kier alpha value is -6.76. The van der Waals surface area contributed by atoms with Crippen LogP contribution in [0.4, 0.5) is 30.2 Å². The molecule has 1 amide bonds. The first-order valence-corrected chi connectivity index (χ1v) is 23.7. The summed E-state index contributed by atoms with van der Waals surface area (Å²) >= 11 is 0. The molecule has 2 aromatic heterocycles. The van der Waals surface area contributed by atoms with E-state index in [4.69, 9.17) is 9.47 Å². The van der Waals surface area contributed by atoms with Gasteiger partial charge < -0.3 is 19.3 Å². The van der Waals surface area contributed by atoms with E-state index in [0.29, 0.717) is 28.8 Å². The van der Waals surface area contributed by atoms with Crippen LogP contribution in [0.1, 0.15) is 48.8 Å². The molecule has 0 spiro atoms. The van der Waals surface area contributed by atoms with Crippen LogP contribution in [-0.4, -0.2) is 104 Å². The lowest BCUT2D eigenvalue weighted by Crippen LogP contribution is -2.55. The quantitative estimate of drug-likeness (QED) is 0.0671. The molecule has 1 aliphatic heterocycles. The van der Waals surface area contributed by atoms with E-state index in [0.717, 1.165) is 46.8 Å². The number of alkyl halides is 3. The Kier molecular flexibility index (Phi) is 15.4. The number of nitrogens with zero attached hydrogens (tertiary/aromatic N) is 7. The Morgan fingerprint density at radius 1 is 0.896 bits per heavy atom. The molecule has 1 aliphatic rings. The number of para-hydroxylation sites is 1. The Morgan fingerprint density at radius 3 is 2.27 bits per heavy atom. The highest BCUT2D eigenvalue weighted by Gasteiger charge is 2.40. The maximum absolute atomic E-state index is 14.6. The van der Waals surface area contributed by atoms with Crippen molar-refractivity contribution >= 4 is 43.0 Å². The van der Waals surface area contributed by atoms with Gasteiger partial charge in [-0.3, -0.25) is 25.0 Å². The van der Waals surface area contributed by atoms with E-state index >= 15 is 0 Å². The first-order valence-electron chi connectivity index (χ1n) is 20.8. The van der Waals surface area contributed by atoms with Gasteiger partial charge in [0.05, 0.1) is 33.5 Å². The first kappa shape index (κ1) is 49.7. The van der Waals surface area contributed by atoms with Gasteiger partial charge in [0.1, 0.15) is 0 Å². The van der Waals surface area contributed by atoms with Crippen LogP contribution in [0.5, 0.6) is 11.8 Å². The zero-order valence-corrected chi connectivity index (χ0v) is 37.9. The molecular formula is C43H45F3N8O11S2. The molecule has 67 heavy (non-hydrogen) atoms. The molecule has 1 N–H and O–H groups in total. The highest BCUT2D eigenvalue weighted by molar-refractivity contribution is 7.89. The van der Waals surface area contributed by atoms with Crippen LogP contribution >= 0.6 is 0 Å². The van der Waals surface area contributed by atoms with Gasteiger partial charge in [-0.1, -0.05) is 25.1 Å². The molecule has 1 fully saturated rings. The summed E-state index contributed by atoms with van der Waals surface area (Å²) in [5, 5.41) is 23.2. The second-order valence-electron chi connectivity index (χ2n) is 14.8. The van der Waals surface area contributed by atoms with Crippen molar-refractivity contribution in [1.82, 2.24) is 23.9 Å². The summed E-state index contributed by atoms with van der Waals surface area (Å²) in [6.07, 6.45) is -3.08. The molecule has 6 rings (SSSR count). The third kappa shape index (κ3) is 11.3. The molecule has 1 atom stereocenters. The van der Waals surface area contributed by atoms with Gasteiger partial charge in [-0.05, 0) is 79.9 Å². The molecule has 356 valence electrons. The molecule has 0 bridgehead atoms.